The number of nitrogens with two attached hydrogens (primary N) is 1. The number of hydrogen-bond donors (Lipinski definition) is 2. The van der Waals surface area contributed by atoms with Crippen molar-refractivity contribution in [3.63, 3.8) is 0 Å². The van der Waals surface area contributed by atoms with Crippen LogP contribution in [0.15, 0.2) is 60.9 Å². The number of halogens is 5. The van der Waals surface area contributed by atoms with Crippen LogP contribution in [0, 0.1) is 0 Å². The van der Waals surface area contributed by atoms with E-state index in [4.69, 9.17) is 5.14 Å². The molecule has 158 valence electrons. The fourth-order valence-electron chi connectivity index (χ4n) is 2.54. The SMILES string of the molecule is NS(=O)(=O)c1ccc(N2N=C(C(F)(F)F)/C(=C\c3cc(Br)c(O)c(Br)c3)C2=O)cc1. The van der Waals surface area contributed by atoms with Crippen LogP contribution in [0.2, 0.25) is 0 Å². The Kier molecular flexibility index (Phi) is 5.84. The summed E-state index contributed by atoms with van der Waals surface area (Å²) in [6.07, 6.45) is -3.94. The van der Waals surface area contributed by atoms with Crippen LogP contribution >= 0.6 is 31.9 Å². The molecule has 30 heavy (non-hydrogen) atoms. The maximum Gasteiger partial charge on any atom is 0.435 e. The average Bonchev–Trinajstić information content (AvgIpc) is 2.96. The van der Waals surface area contributed by atoms with Crippen LogP contribution in [0.25, 0.3) is 6.08 Å². The molecular formula is C17H10Br2F3N3O4S. The first-order valence-corrected chi connectivity index (χ1v) is 11.0. The number of amides is 1. The molecule has 1 heterocycles. The third kappa shape index (κ3) is 4.43. The molecule has 2 aromatic rings. The van der Waals surface area contributed by atoms with E-state index in [0.717, 1.165) is 30.3 Å². The fraction of sp³-hybridized carbons (Fsp3) is 0.0588. The predicted molar refractivity (Wildman–Crippen MR) is 110 cm³/mol. The van der Waals surface area contributed by atoms with Gasteiger partial charge in [-0.05, 0) is 79.9 Å². The Morgan fingerprint density at radius 3 is 2.10 bits per heavy atom. The standard InChI is InChI=1S/C17H10Br2F3N3O4S/c18-12-6-8(7-13(19)14(12)26)5-11-15(17(20,21)22)24-25(16(11)27)9-1-3-10(4-2-9)30(23,28)29/h1-7,26H,(H2,23,28,29)/b11-5+. The topological polar surface area (TPSA) is 113 Å². The van der Waals surface area contributed by atoms with Crippen molar-refractivity contribution in [2.45, 2.75) is 11.1 Å². The van der Waals surface area contributed by atoms with E-state index in [9.17, 15) is 31.5 Å². The molecule has 3 N–H and O–H groups in total. The molecule has 0 aromatic heterocycles. The Morgan fingerprint density at radius 1 is 1.10 bits per heavy atom. The minimum absolute atomic E-state index is 0.0781. The number of primary sulfonamides is 1. The van der Waals surface area contributed by atoms with Crippen LogP contribution in [0.3, 0.4) is 0 Å². The zero-order chi connectivity index (χ0) is 22.4. The van der Waals surface area contributed by atoms with E-state index < -0.39 is 33.4 Å². The van der Waals surface area contributed by atoms with E-state index in [1.807, 2.05) is 0 Å². The third-order valence-electron chi connectivity index (χ3n) is 3.91. The molecule has 0 fully saturated rings. The molecule has 0 atom stereocenters. The van der Waals surface area contributed by atoms with Crippen LogP contribution in [0.1, 0.15) is 5.56 Å². The lowest BCUT2D eigenvalue weighted by atomic mass is 10.1. The lowest BCUT2D eigenvalue weighted by Gasteiger charge is -2.12. The zero-order valence-electron chi connectivity index (χ0n) is 14.5. The number of rotatable bonds is 3. The van der Waals surface area contributed by atoms with Crippen molar-refractivity contribution >= 4 is 65.3 Å². The second kappa shape index (κ2) is 7.80. The third-order valence-corrected chi connectivity index (χ3v) is 6.04. The van der Waals surface area contributed by atoms with Crippen LogP contribution in [-0.2, 0) is 14.8 Å². The monoisotopic (exact) mass is 567 g/mol. The Hall–Kier alpha value is -2.22. The van der Waals surface area contributed by atoms with Crippen molar-refractivity contribution in [2.24, 2.45) is 10.2 Å². The molecule has 1 aliphatic rings. The molecule has 2 aromatic carbocycles. The maximum atomic E-state index is 13.5. The summed E-state index contributed by atoms with van der Waals surface area (Å²) in [5.74, 6) is -1.22. The molecule has 7 nitrogen and oxygen atoms in total. The summed E-state index contributed by atoms with van der Waals surface area (Å²) in [4.78, 5) is 12.4. The first-order chi connectivity index (χ1) is 13.8. The number of benzene rings is 2. The first kappa shape index (κ1) is 22.5. The van der Waals surface area contributed by atoms with Gasteiger partial charge in [-0.25, -0.2) is 13.6 Å². The Morgan fingerprint density at radius 2 is 1.63 bits per heavy atom. The van der Waals surface area contributed by atoms with E-state index in [0.29, 0.717) is 5.01 Å². The average molecular weight is 569 g/mol. The highest BCUT2D eigenvalue weighted by atomic mass is 79.9. The number of phenolic OH excluding ortho intramolecular Hbond substituents is 1. The predicted octanol–water partition coefficient (Wildman–Crippen LogP) is 3.91. The summed E-state index contributed by atoms with van der Waals surface area (Å²) in [6, 6.07) is 7.00. The largest absolute Gasteiger partial charge is 0.506 e. The van der Waals surface area contributed by atoms with Gasteiger partial charge in [0.05, 0.1) is 25.1 Å². The Labute approximate surface area is 185 Å². The molecule has 0 saturated heterocycles. The number of sulfonamides is 1. The summed E-state index contributed by atoms with van der Waals surface area (Å²) in [6.45, 7) is 0. The summed E-state index contributed by atoms with van der Waals surface area (Å²) in [7, 11) is -4.01. The van der Waals surface area contributed by atoms with Crippen molar-refractivity contribution < 1.29 is 31.5 Å². The number of carbonyl (C=O) groups excluding carboxylic acids is 1. The van der Waals surface area contributed by atoms with E-state index >= 15 is 0 Å². The van der Waals surface area contributed by atoms with Gasteiger partial charge >= 0.3 is 6.18 Å². The highest BCUT2D eigenvalue weighted by Crippen LogP contribution is 2.36. The van der Waals surface area contributed by atoms with Gasteiger partial charge in [0.15, 0.2) is 5.71 Å². The lowest BCUT2D eigenvalue weighted by molar-refractivity contribution is -0.114. The normalized spacial score (nSPS) is 16.3. The molecule has 13 heteroatoms. The van der Waals surface area contributed by atoms with Gasteiger partial charge in [0.1, 0.15) is 5.75 Å². The number of hydrazone groups is 1. The van der Waals surface area contributed by atoms with Gasteiger partial charge in [-0.1, -0.05) is 0 Å². The van der Waals surface area contributed by atoms with Crippen molar-refractivity contribution in [2.75, 3.05) is 5.01 Å². The number of hydrogen-bond acceptors (Lipinski definition) is 5. The van der Waals surface area contributed by atoms with Gasteiger partial charge in [-0.2, -0.15) is 23.3 Å². The van der Waals surface area contributed by atoms with Crippen LogP contribution in [0.5, 0.6) is 5.75 Å². The molecular weight excluding hydrogens is 559 g/mol. The second-order valence-corrected chi connectivity index (χ2v) is 9.26. The fourth-order valence-corrected chi connectivity index (χ4v) is 4.28. The van der Waals surface area contributed by atoms with Gasteiger partial charge < -0.3 is 5.11 Å². The van der Waals surface area contributed by atoms with Gasteiger partial charge in [-0.15, -0.1) is 0 Å². The number of anilines is 1. The lowest BCUT2D eigenvalue weighted by Crippen LogP contribution is -2.25. The molecule has 1 aliphatic heterocycles. The number of carbonyl (C=O) groups is 1. The van der Waals surface area contributed by atoms with E-state index in [2.05, 4.69) is 37.0 Å². The summed E-state index contributed by atoms with van der Waals surface area (Å²) in [5.41, 5.74) is -2.02. The minimum atomic E-state index is -4.93. The van der Waals surface area contributed by atoms with Crippen LogP contribution in [-0.4, -0.2) is 31.3 Å². The van der Waals surface area contributed by atoms with E-state index in [1.165, 1.54) is 12.1 Å². The van der Waals surface area contributed by atoms with Crippen molar-refractivity contribution in [1.82, 2.24) is 0 Å². The molecule has 0 aliphatic carbocycles. The van der Waals surface area contributed by atoms with Crippen molar-refractivity contribution in [3.05, 3.63) is 56.5 Å². The second-order valence-electron chi connectivity index (χ2n) is 5.99. The van der Waals surface area contributed by atoms with Crippen LogP contribution in [0.4, 0.5) is 18.9 Å². The van der Waals surface area contributed by atoms with E-state index in [1.54, 1.807) is 0 Å². The van der Waals surface area contributed by atoms with Gasteiger partial charge in [-0.3, -0.25) is 4.79 Å². The highest BCUT2D eigenvalue weighted by molar-refractivity contribution is 9.11. The highest BCUT2D eigenvalue weighted by Gasteiger charge is 2.46. The Balaban J connectivity index is 2.08. The van der Waals surface area contributed by atoms with E-state index in [-0.39, 0.29) is 30.8 Å². The molecule has 0 bridgehead atoms. The maximum absolute atomic E-state index is 13.5. The first-order valence-electron chi connectivity index (χ1n) is 7.82. The van der Waals surface area contributed by atoms with Gasteiger partial charge in [0.2, 0.25) is 10.0 Å². The minimum Gasteiger partial charge on any atom is -0.506 e. The Bertz CT molecular complexity index is 1190. The van der Waals surface area contributed by atoms with Crippen LogP contribution < -0.4 is 10.1 Å². The molecule has 3 rings (SSSR count). The molecule has 0 spiro atoms. The molecule has 1 amide bonds. The molecule has 0 radical (unpaired) electrons. The number of nitrogens with zero attached hydrogens (tertiary/aromatic N) is 2. The summed E-state index contributed by atoms with van der Waals surface area (Å²) < 4.78 is 63.6. The smallest absolute Gasteiger partial charge is 0.435 e. The quantitative estimate of drug-likeness (QED) is 0.546. The summed E-state index contributed by atoms with van der Waals surface area (Å²) in [5, 5.41) is 18.7. The number of phenols is 1. The number of aromatic hydroxyl groups is 1. The van der Waals surface area contributed by atoms with Gasteiger partial charge in [0, 0.05) is 0 Å². The zero-order valence-corrected chi connectivity index (χ0v) is 18.5. The van der Waals surface area contributed by atoms with Gasteiger partial charge in [0.25, 0.3) is 5.91 Å². The van der Waals surface area contributed by atoms with Crippen molar-refractivity contribution in [3.8, 4) is 5.75 Å². The molecule has 0 unspecified atom stereocenters. The number of alkyl halides is 3. The summed E-state index contributed by atoms with van der Waals surface area (Å²) >= 11 is 6.14. The van der Waals surface area contributed by atoms with Crippen molar-refractivity contribution in [1.29, 1.82) is 0 Å². The molecule has 0 saturated carbocycles.